The minimum Gasteiger partial charge on any atom is -0.389 e. The number of ether oxygens (including phenoxy) is 1. The molecule has 0 bridgehead atoms. The lowest BCUT2D eigenvalue weighted by molar-refractivity contribution is -0.174. The van der Waals surface area contributed by atoms with Gasteiger partial charge in [-0.1, -0.05) is 12.2 Å². The van der Waals surface area contributed by atoms with Gasteiger partial charge in [-0.05, 0) is 24.3 Å². The lowest BCUT2D eigenvalue weighted by Crippen LogP contribution is -2.24. The summed E-state index contributed by atoms with van der Waals surface area (Å²) in [6.07, 6.45) is -4.45. The zero-order valence-electron chi connectivity index (χ0n) is 9.66. The Kier molecular flexibility index (Phi) is 5.25. The Balaban J connectivity index is 2.42. The molecule has 0 atom stereocenters. The maximum atomic E-state index is 11.8. The SMILES string of the molecule is NC(=S)c1ccc(NC(=O)COCC(F)(F)F)cc1. The molecule has 19 heavy (non-hydrogen) atoms. The molecule has 0 unspecified atom stereocenters. The van der Waals surface area contributed by atoms with Crippen LogP contribution in [0.4, 0.5) is 18.9 Å². The molecule has 104 valence electrons. The average molecular weight is 292 g/mol. The number of amides is 1. The Labute approximate surface area is 112 Å². The Morgan fingerprint density at radius 3 is 2.37 bits per heavy atom. The van der Waals surface area contributed by atoms with Crippen molar-refractivity contribution in [1.29, 1.82) is 0 Å². The second kappa shape index (κ2) is 6.48. The van der Waals surface area contributed by atoms with Crippen molar-refractivity contribution in [2.24, 2.45) is 5.73 Å². The Morgan fingerprint density at radius 2 is 1.89 bits per heavy atom. The summed E-state index contributed by atoms with van der Waals surface area (Å²) >= 11 is 4.75. The number of halogens is 3. The zero-order valence-corrected chi connectivity index (χ0v) is 10.5. The first-order valence-electron chi connectivity index (χ1n) is 5.12. The fraction of sp³-hybridized carbons (Fsp3) is 0.273. The number of carbonyl (C=O) groups is 1. The van der Waals surface area contributed by atoms with Crippen molar-refractivity contribution < 1.29 is 22.7 Å². The van der Waals surface area contributed by atoms with Crippen LogP contribution in [0.2, 0.25) is 0 Å². The van der Waals surface area contributed by atoms with Gasteiger partial charge in [0.15, 0.2) is 0 Å². The molecule has 0 spiro atoms. The molecule has 0 aliphatic heterocycles. The third-order valence-corrected chi connectivity index (χ3v) is 2.19. The Bertz CT molecular complexity index is 460. The summed E-state index contributed by atoms with van der Waals surface area (Å²) in [7, 11) is 0. The molecule has 1 rings (SSSR count). The summed E-state index contributed by atoms with van der Waals surface area (Å²) < 4.78 is 39.5. The topological polar surface area (TPSA) is 64.3 Å². The summed E-state index contributed by atoms with van der Waals surface area (Å²) in [4.78, 5) is 11.5. The van der Waals surface area contributed by atoms with Gasteiger partial charge in [0.2, 0.25) is 5.91 Å². The molecule has 0 radical (unpaired) electrons. The average Bonchev–Trinajstić information content (AvgIpc) is 2.27. The predicted octanol–water partition coefficient (Wildman–Crippen LogP) is 1.84. The summed E-state index contributed by atoms with van der Waals surface area (Å²) in [6.45, 7) is -2.13. The monoisotopic (exact) mass is 292 g/mol. The molecule has 0 heterocycles. The number of carbonyl (C=O) groups excluding carboxylic acids is 1. The Morgan fingerprint density at radius 1 is 1.32 bits per heavy atom. The quantitative estimate of drug-likeness (QED) is 0.813. The second-order valence-electron chi connectivity index (χ2n) is 3.60. The van der Waals surface area contributed by atoms with Crippen molar-refractivity contribution >= 4 is 28.8 Å². The van der Waals surface area contributed by atoms with Crippen molar-refractivity contribution in [3.8, 4) is 0 Å². The summed E-state index contributed by atoms with van der Waals surface area (Å²) in [5.74, 6) is -0.674. The van der Waals surface area contributed by atoms with E-state index >= 15 is 0 Å². The van der Waals surface area contributed by atoms with Crippen LogP contribution in [0.5, 0.6) is 0 Å². The molecule has 4 nitrogen and oxygen atoms in total. The first-order chi connectivity index (χ1) is 8.78. The van der Waals surface area contributed by atoms with Gasteiger partial charge in [-0.2, -0.15) is 13.2 Å². The van der Waals surface area contributed by atoms with Crippen LogP contribution in [0, 0.1) is 0 Å². The van der Waals surface area contributed by atoms with Crippen LogP contribution in [0.3, 0.4) is 0 Å². The largest absolute Gasteiger partial charge is 0.411 e. The normalized spacial score (nSPS) is 11.1. The van der Waals surface area contributed by atoms with Gasteiger partial charge in [0, 0.05) is 11.3 Å². The first-order valence-corrected chi connectivity index (χ1v) is 5.53. The van der Waals surface area contributed by atoms with Gasteiger partial charge in [-0.15, -0.1) is 0 Å². The van der Waals surface area contributed by atoms with Crippen molar-refractivity contribution in [2.75, 3.05) is 18.5 Å². The van der Waals surface area contributed by atoms with Crippen molar-refractivity contribution in [3.63, 3.8) is 0 Å². The number of thiocarbonyl (C=S) groups is 1. The van der Waals surface area contributed by atoms with Gasteiger partial charge in [-0.3, -0.25) is 4.79 Å². The van der Waals surface area contributed by atoms with Gasteiger partial charge in [-0.25, -0.2) is 0 Å². The van der Waals surface area contributed by atoms with Crippen molar-refractivity contribution in [3.05, 3.63) is 29.8 Å². The minimum absolute atomic E-state index is 0.214. The van der Waals surface area contributed by atoms with E-state index in [4.69, 9.17) is 18.0 Å². The zero-order chi connectivity index (χ0) is 14.5. The van der Waals surface area contributed by atoms with Crippen LogP contribution in [0.1, 0.15) is 5.56 Å². The van der Waals surface area contributed by atoms with Crippen LogP contribution in [-0.2, 0) is 9.53 Å². The minimum atomic E-state index is -4.45. The molecular formula is C11H11F3N2O2S. The van der Waals surface area contributed by atoms with Crippen LogP contribution in [-0.4, -0.2) is 30.3 Å². The number of nitrogens with one attached hydrogen (secondary N) is 1. The number of anilines is 1. The molecule has 0 saturated heterocycles. The molecule has 1 aromatic carbocycles. The van der Waals surface area contributed by atoms with E-state index in [0.29, 0.717) is 11.3 Å². The van der Waals surface area contributed by atoms with E-state index in [2.05, 4.69) is 10.1 Å². The van der Waals surface area contributed by atoms with E-state index in [1.807, 2.05) is 0 Å². The lowest BCUT2D eigenvalue weighted by atomic mass is 10.2. The summed E-state index contributed by atoms with van der Waals surface area (Å²) in [5.41, 5.74) is 6.43. The van der Waals surface area contributed by atoms with Gasteiger partial charge in [0.25, 0.3) is 0 Å². The highest BCUT2D eigenvalue weighted by Gasteiger charge is 2.27. The molecule has 0 aliphatic carbocycles. The molecule has 0 aromatic heterocycles. The number of rotatable bonds is 5. The first kappa shape index (κ1) is 15.4. The van der Waals surface area contributed by atoms with Crippen molar-refractivity contribution in [1.82, 2.24) is 0 Å². The molecule has 1 aromatic rings. The van der Waals surface area contributed by atoms with Crippen LogP contribution >= 0.6 is 12.2 Å². The highest BCUT2D eigenvalue weighted by Crippen LogP contribution is 2.14. The number of hydrogen-bond acceptors (Lipinski definition) is 3. The highest BCUT2D eigenvalue weighted by atomic mass is 32.1. The van der Waals surface area contributed by atoms with E-state index in [0.717, 1.165) is 0 Å². The molecule has 0 fully saturated rings. The summed E-state index contributed by atoms with van der Waals surface area (Å²) in [6, 6.07) is 6.26. The van der Waals surface area contributed by atoms with Crippen LogP contribution < -0.4 is 11.1 Å². The molecule has 0 aliphatic rings. The van der Waals surface area contributed by atoms with E-state index in [9.17, 15) is 18.0 Å². The second-order valence-corrected chi connectivity index (χ2v) is 4.04. The van der Waals surface area contributed by atoms with E-state index < -0.39 is 25.3 Å². The van der Waals surface area contributed by atoms with Gasteiger partial charge in [0.05, 0.1) is 0 Å². The Hall–Kier alpha value is -1.67. The molecule has 0 saturated carbocycles. The van der Waals surface area contributed by atoms with Gasteiger partial charge < -0.3 is 15.8 Å². The number of benzene rings is 1. The fourth-order valence-electron chi connectivity index (χ4n) is 1.17. The van der Waals surface area contributed by atoms with Gasteiger partial charge in [0.1, 0.15) is 18.2 Å². The van der Waals surface area contributed by atoms with Crippen LogP contribution in [0.15, 0.2) is 24.3 Å². The predicted molar refractivity (Wildman–Crippen MR) is 67.8 cm³/mol. The highest BCUT2D eigenvalue weighted by molar-refractivity contribution is 7.80. The standard InChI is InChI=1S/C11H11F3N2O2S/c12-11(13,14)6-18-5-9(17)16-8-3-1-7(2-4-8)10(15)19/h1-4H,5-6H2,(H2,15,19)(H,16,17). The maximum Gasteiger partial charge on any atom is 0.411 e. The van der Waals surface area contributed by atoms with Crippen molar-refractivity contribution in [2.45, 2.75) is 6.18 Å². The summed E-state index contributed by atoms with van der Waals surface area (Å²) in [5, 5.41) is 2.38. The molecule has 3 N–H and O–H groups in total. The molecule has 8 heteroatoms. The smallest absolute Gasteiger partial charge is 0.389 e. The lowest BCUT2D eigenvalue weighted by Gasteiger charge is -2.08. The van der Waals surface area contributed by atoms with Crippen LogP contribution in [0.25, 0.3) is 0 Å². The van der Waals surface area contributed by atoms with Gasteiger partial charge >= 0.3 is 6.18 Å². The number of alkyl halides is 3. The van der Waals surface area contributed by atoms with E-state index in [1.54, 1.807) is 12.1 Å². The molecule has 1 amide bonds. The number of hydrogen-bond donors (Lipinski definition) is 2. The third kappa shape index (κ3) is 6.16. The third-order valence-electron chi connectivity index (χ3n) is 1.95. The molecular weight excluding hydrogens is 281 g/mol. The van der Waals surface area contributed by atoms with E-state index in [1.165, 1.54) is 12.1 Å². The fourth-order valence-corrected chi connectivity index (χ4v) is 1.31. The van der Waals surface area contributed by atoms with E-state index in [-0.39, 0.29) is 4.99 Å². The number of nitrogens with two attached hydrogens (primary N) is 1. The maximum absolute atomic E-state index is 11.8.